The number of aliphatic imine (C=N–C) groups is 1. The second-order valence-electron chi connectivity index (χ2n) is 6.92. The van der Waals surface area contributed by atoms with E-state index < -0.39 is 0 Å². The number of amides is 1. The van der Waals surface area contributed by atoms with Crippen LogP contribution in [0.3, 0.4) is 0 Å². The van der Waals surface area contributed by atoms with Gasteiger partial charge in [-0.2, -0.15) is 0 Å². The molecule has 0 bridgehead atoms. The zero-order valence-corrected chi connectivity index (χ0v) is 17.3. The Morgan fingerprint density at radius 2 is 1.93 bits per heavy atom. The number of carbonyl (C=O) groups excluding carboxylic acids is 1. The standard InChI is InChI=1S/C21H25BrN4O/c1-15(27)26-17-7-5-6-16(12-17)13-24-20(23-2)25-14-21(10-11-21)18-8-3-4-9-19(18)22/h3-9,12H,10-11,13-14H2,1-2H3,(H,26,27)(H2,23,24,25). The molecular formula is C21H25BrN4O. The summed E-state index contributed by atoms with van der Waals surface area (Å²) in [6.07, 6.45) is 2.36. The van der Waals surface area contributed by atoms with Crippen molar-refractivity contribution in [3.05, 3.63) is 64.1 Å². The Kier molecular flexibility index (Phi) is 6.16. The van der Waals surface area contributed by atoms with Gasteiger partial charge < -0.3 is 16.0 Å². The zero-order valence-electron chi connectivity index (χ0n) is 15.7. The van der Waals surface area contributed by atoms with Gasteiger partial charge in [0.05, 0.1) is 0 Å². The average molecular weight is 429 g/mol. The van der Waals surface area contributed by atoms with Crippen molar-refractivity contribution < 1.29 is 4.79 Å². The van der Waals surface area contributed by atoms with Crippen LogP contribution < -0.4 is 16.0 Å². The first-order valence-corrected chi connectivity index (χ1v) is 9.88. The van der Waals surface area contributed by atoms with Crippen molar-refractivity contribution in [3.8, 4) is 0 Å². The Hall–Kier alpha value is -2.34. The van der Waals surface area contributed by atoms with E-state index >= 15 is 0 Å². The fourth-order valence-corrected chi connectivity index (χ4v) is 3.91. The molecule has 27 heavy (non-hydrogen) atoms. The van der Waals surface area contributed by atoms with Crippen LogP contribution >= 0.6 is 15.9 Å². The van der Waals surface area contributed by atoms with Crippen LogP contribution in [0, 0.1) is 0 Å². The molecule has 1 amide bonds. The van der Waals surface area contributed by atoms with Gasteiger partial charge in [-0.15, -0.1) is 0 Å². The highest BCUT2D eigenvalue weighted by atomic mass is 79.9. The molecule has 0 heterocycles. The monoisotopic (exact) mass is 428 g/mol. The molecule has 2 aromatic carbocycles. The minimum absolute atomic E-state index is 0.0700. The summed E-state index contributed by atoms with van der Waals surface area (Å²) in [6.45, 7) is 2.99. The Balaban J connectivity index is 1.56. The molecule has 0 unspecified atom stereocenters. The molecule has 3 N–H and O–H groups in total. The lowest BCUT2D eigenvalue weighted by Gasteiger charge is -2.20. The van der Waals surface area contributed by atoms with Crippen molar-refractivity contribution in [2.45, 2.75) is 31.7 Å². The Bertz CT molecular complexity index is 846. The van der Waals surface area contributed by atoms with Gasteiger partial charge >= 0.3 is 0 Å². The molecule has 1 aliphatic rings. The van der Waals surface area contributed by atoms with E-state index in [1.807, 2.05) is 30.3 Å². The quantitative estimate of drug-likeness (QED) is 0.484. The first-order valence-electron chi connectivity index (χ1n) is 9.08. The summed E-state index contributed by atoms with van der Waals surface area (Å²) in [4.78, 5) is 15.5. The van der Waals surface area contributed by atoms with Crippen molar-refractivity contribution in [2.75, 3.05) is 18.9 Å². The molecule has 0 atom stereocenters. The van der Waals surface area contributed by atoms with Crippen molar-refractivity contribution >= 4 is 33.5 Å². The zero-order chi connectivity index (χ0) is 19.3. The summed E-state index contributed by atoms with van der Waals surface area (Å²) in [5, 5.41) is 9.62. The first kappa shape index (κ1) is 19.4. The van der Waals surface area contributed by atoms with E-state index in [9.17, 15) is 4.79 Å². The van der Waals surface area contributed by atoms with Crippen LogP contribution in [-0.4, -0.2) is 25.5 Å². The highest BCUT2D eigenvalue weighted by Gasteiger charge is 2.45. The van der Waals surface area contributed by atoms with Gasteiger partial charge in [0.15, 0.2) is 5.96 Å². The number of hydrogen-bond donors (Lipinski definition) is 3. The molecule has 5 nitrogen and oxygen atoms in total. The van der Waals surface area contributed by atoms with Gasteiger partial charge in [0.2, 0.25) is 5.91 Å². The normalized spacial score (nSPS) is 15.1. The topological polar surface area (TPSA) is 65.5 Å². The summed E-state index contributed by atoms with van der Waals surface area (Å²) in [5.41, 5.74) is 3.42. The summed E-state index contributed by atoms with van der Waals surface area (Å²) in [7, 11) is 1.78. The predicted octanol–water partition coefficient (Wildman–Crippen LogP) is 3.80. The molecular weight excluding hydrogens is 404 g/mol. The van der Waals surface area contributed by atoms with Gasteiger partial charge in [-0.05, 0) is 42.2 Å². The van der Waals surface area contributed by atoms with E-state index in [-0.39, 0.29) is 11.3 Å². The van der Waals surface area contributed by atoms with E-state index in [2.05, 4.69) is 55.1 Å². The number of hydrogen-bond acceptors (Lipinski definition) is 2. The molecule has 6 heteroatoms. The first-order chi connectivity index (χ1) is 13.0. The van der Waals surface area contributed by atoms with E-state index in [0.29, 0.717) is 6.54 Å². The Morgan fingerprint density at radius 1 is 1.15 bits per heavy atom. The maximum absolute atomic E-state index is 11.2. The highest BCUT2D eigenvalue weighted by Crippen LogP contribution is 2.49. The van der Waals surface area contributed by atoms with Crippen molar-refractivity contribution in [1.82, 2.24) is 10.6 Å². The average Bonchev–Trinajstić information content (AvgIpc) is 3.43. The second-order valence-corrected chi connectivity index (χ2v) is 7.78. The van der Waals surface area contributed by atoms with Crippen molar-refractivity contribution in [2.24, 2.45) is 4.99 Å². The summed E-state index contributed by atoms with van der Waals surface area (Å²) < 4.78 is 1.17. The van der Waals surface area contributed by atoms with Crippen LogP contribution in [0.4, 0.5) is 5.69 Å². The number of benzene rings is 2. The fraction of sp³-hybridized carbons (Fsp3) is 0.333. The molecule has 1 saturated carbocycles. The van der Waals surface area contributed by atoms with Gasteiger partial charge in [0.25, 0.3) is 0 Å². The smallest absolute Gasteiger partial charge is 0.221 e. The van der Waals surface area contributed by atoms with Gasteiger partial charge in [0.1, 0.15) is 0 Å². The maximum Gasteiger partial charge on any atom is 0.221 e. The van der Waals surface area contributed by atoms with Gasteiger partial charge in [0, 0.05) is 42.6 Å². The van der Waals surface area contributed by atoms with E-state index in [1.54, 1.807) is 7.05 Å². The molecule has 3 rings (SSSR count). The number of carbonyl (C=O) groups is 1. The lowest BCUT2D eigenvalue weighted by atomic mass is 9.96. The molecule has 0 aliphatic heterocycles. The van der Waals surface area contributed by atoms with E-state index in [4.69, 9.17) is 0 Å². The SMILES string of the molecule is CN=C(NCc1cccc(NC(C)=O)c1)NCC1(c2ccccc2Br)CC1. The number of nitrogens with zero attached hydrogens (tertiary/aromatic N) is 1. The van der Waals surface area contributed by atoms with E-state index in [1.165, 1.54) is 29.8 Å². The number of halogens is 1. The maximum atomic E-state index is 11.2. The lowest BCUT2D eigenvalue weighted by molar-refractivity contribution is -0.114. The van der Waals surface area contributed by atoms with Crippen LogP contribution in [0.1, 0.15) is 30.9 Å². The molecule has 0 spiro atoms. The highest BCUT2D eigenvalue weighted by molar-refractivity contribution is 9.10. The molecule has 1 fully saturated rings. The molecule has 0 saturated heterocycles. The molecule has 2 aromatic rings. The molecule has 0 aromatic heterocycles. The molecule has 0 radical (unpaired) electrons. The van der Waals surface area contributed by atoms with Gasteiger partial charge in [-0.1, -0.05) is 46.3 Å². The van der Waals surface area contributed by atoms with Gasteiger partial charge in [-0.3, -0.25) is 9.79 Å². The Labute approximate surface area is 168 Å². The summed E-state index contributed by atoms with van der Waals surface area (Å²) in [5.74, 6) is 0.706. The summed E-state index contributed by atoms with van der Waals surface area (Å²) in [6, 6.07) is 16.2. The number of nitrogens with one attached hydrogen (secondary N) is 3. The van der Waals surface area contributed by atoms with Crippen LogP contribution in [0.2, 0.25) is 0 Å². The molecule has 1 aliphatic carbocycles. The van der Waals surface area contributed by atoms with Crippen LogP contribution in [0.5, 0.6) is 0 Å². The second kappa shape index (κ2) is 8.57. The number of guanidine groups is 1. The number of anilines is 1. The summed E-state index contributed by atoms with van der Waals surface area (Å²) >= 11 is 3.68. The molecule has 142 valence electrons. The van der Waals surface area contributed by atoms with Crippen molar-refractivity contribution in [1.29, 1.82) is 0 Å². The largest absolute Gasteiger partial charge is 0.356 e. The van der Waals surface area contributed by atoms with E-state index in [0.717, 1.165) is 23.8 Å². The third-order valence-corrected chi connectivity index (χ3v) is 5.52. The van der Waals surface area contributed by atoms with Crippen LogP contribution in [-0.2, 0) is 16.8 Å². The fourth-order valence-electron chi connectivity index (χ4n) is 3.21. The third-order valence-electron chi connectivity index (χ3n) is 4.82. The number of rotatable bonds is 6. The lowest BCUT2D eigenvalue weighted by Crippen LogP contribution is -2.41. The van der Waals surface area contributed by atoms with Crippen LogP contribution in [0.15, 0.2) is 58.0 Å². The Morgan fingerprint density at radius 3 is 2.59 bits per heavy atom. The van der Waals surface area contributed by atoms with Crippen molar-refractivity contribution in [3.63, 3.8) is 0 Å². The minimum Gasteiger partial charge on any atom is -0.356 e. The third kappa shape index (κ3) is 5.10. The minimum atomic E-state index is -0.0700. The van der Waals surface area contributed by atoms with Gasteiger partial charge in [-0.25, -0.2) is 0 Å². The predicted molar refractivity (Wildman–Crippen MR) is 114 cm³/mol. The van der Waals surface area contributed by atoms with Crippen LogP contribution in [0.25, 0.3) is 0 Å².